The van der Waals surface area contributed by atoms with Gasteiger partial charge in [0.05, 0.1) is 11.9 Å². The lowest BCUT2D eigenvalue weighted by Crippen LogP contribution is -2.51. The van der Waals surface area contributed by atoms with Crippen LogP contribution in [0.3, 0.4) is 0 Å². The fourth-order valence-electron chi connectivity index (χ4n) is 3.71. The summed E-state index contributed by atoms with van der Waals surface area (Å²) in [5.74, 6) is 0.129. The predicted molar refractivity (Wildman–Crippen MR) is 142 cm³/mol. The standard InChI is InChI=1S/C25H32BrN3O6S/c1-4-5-12-27-25(31)18(2)28(16-19-6-8-20(26)9-7-19)24(30)17-29(36(3,32)33)21-10-11-22-23(15-21)35-14-13-34-22/h6-11,15,18H,4-5,12-14,16-17H2,1-3H3,(H,27,31). The number of sulfonamides is 1. The second-order valence-corrected chi connectivity index (χ2v) is 11.4. The number of benzene rings is 2. The van der Waals surface area contributed by atoms with Crippen LogP contribution in [0.25, 0.3) is 0 Å². The number of anilines is 1. The van der Waals surface area contributed by atoms with Crippen molar-refractivity contribution in [1.82, 2.24) is 10.2 Å². The lowest BCUT2D eigenvalue weighted by Gasteiger charge is -2.31. The number of halogens is 1. The van der Waals surface area contributed by atoms with Gasteiger partial charge in [0.15, 0.2) is 11.5 Å². The third-order valence-electron chi connectivity index (χ3n) is 5.76. The lowest BCUT2D eigenvalue weighted by molar-refractivity contribution is -0.139. The summed E-state index contributed by atoms with van der Waals surface area (Å²) in [6, 6.07) is 11.3. The first-order valence-electron chi connectivity index (χ1n) is 11.8. The Bertz CT molecular complexity index is 1170. The molecule has 1 unspecified atom stereocenters. The van der Waals surface area contributed by atoms with Gasteiger partial charge in [0.25, 0.3) is 0 Å². The highest BCUT2D eigenvalue weighted by molar-refractivity contribution is 9.10. The zero-order valence-corrected chi connectivity index (χ0v) is 23.1. The maximum absolute atomic E-state index is 13.6. The molecule has 3 rings (SSSR count). The third-order valence-corrected chi connectivity index (χ3v) is 7.43. The van der Waals surface area contributed by atoms with Gasteiger partial charge in [0.2, 0.25) is 21.8 Å². The molecule has 0 spiro atoms. The van der Waals surface area contributed by atoms with Crippen molar-refractivity contribution in [2.45, 2.75) is 39.3 Å². The van der Waals surface area contributed by atoms with Gasteiger partial charge < -0.3 is 19.7 Å². The fraction of sp³-hybridized carbons (Fsp3) is 0.440. The van der Waals surface area contributed by atoms with Gasteiger partial charge in [-0.25, -0.2) is 8.42 Å². The number of carbonyl (C=O) groups excluding carboxylic acids is 2. The third kappa shape index (κ3) is 7.36. The summed E-state index contributed by atoms with van der Waals surface area (Å²) in [4.78, 5) is 27.8. The number of rotatable bonds is 11. The molecule has 0 saturated carbocycles. The molecule has 1 aliphatic heterocycles. The molecule has 0 fully saturated rings. The van der Waals surface area contributed by atoms with Crippen molar-refractivity contribution in [3.63, 3.8) is 0 Å². The fourth-order valence-corrected chi connectivity index (χ4v) is 4.81. The molecule has 1 N–H and O–H groups in total. The Balaban J connectivity index is 1.88. The largest absolute Gasteiger partial charge is 0.486 e. The monoisotopic (exact) mass is 581 g/mol. The minimum atomic E-state index is -3.83. The number of unbranched alkanes of at least 4 members (excludes halogenated alkanes) is 1. The molecule has 0 radical (unpaired) electrons. The van der Waals surface area contributed by atoms with Gasteiger partial charge in [0, 0.05) is 23.6 Å². The maximum Gasteiger partial charge on any atom is 0.244 e. The quantitative estimate of drug-likeness (QED) is 0.408. The van der Waals surface area contributed by atoms with Crippen molar-refractivity contribution >= 4 is 43.5 Å². The Labute approximate surface area is 220 Å². The van der Waals surface area contributed by atoms with E-state index in [1.54, 1.807) is 25.1 Å². The first kappa shape index (κ1) is 27.8. The molecule has 0 aromatic heterocycles. The Morgan fingerprint density at radius 2 is 1.75 bits per heavy atom. The summed E-state index contributed by atoms with van der Waals surface area (Å²) in [5, 5.41) is 2.86. The summed E-state index contributed by atoms with van der Waals surface area (Å²) >= 11 is 3.40. The van der Waals surface area contributed by atoms with Crippen molar-refractivity contribution in [2.75, 3.05) is 36.9 Å². The minimum absolute atomic E-state index is 0.146. The van der Waals surface area contributed by atoms with Gasteiger partial charge in [0.1, 0.15) is 25.8 Å². The van der Waals surface area contributed by atoms with Gasteiger partial charge in [-0.1, -0.05) is 41.4 Å². The summed E-state index contributed by atoms with van der Waals surface area (Å²) in [7, 11) is -3.83. The molecular weight excluding hydrogens is 550 g/mol. The first-order valence-corrected chi connectivity index (χ1v) is 14.4. The number of carbonyl (C=O) groups is 2. The summed E-state index contributed by atoms with van der Waals surface area (Å²) in [6.45, 7) is 4.61. The zero-order chi connectivity index (χ0) is 26.3. The van der Waals surface area contributed by atoms with Crippen LogP contribution in [0.15, 0.2) is 46.9 Å². The SMILES string of the molecule is CCCCNC(=O)C(C)N(Cc1ccc(Br)cc1)C(=O)CN(c1ccc2c(c1)OCCO2)S(C)(=O)=O. The van der Waals surface area contributed by atoms with Gasteiger partial charge in [-0.2, -0.15) is 0 Å². The first-order chi connectivity index (χ1) is 17.1. The van der Waals surface area contributed by atoms with Crippen LogP contribution in [-0.4, -0.2) is 63.7 Å². The number of hydrogen-bond donors (Lipinski definition) is 1. The van der Waals surface area contributed by atoms with E-state index in [0.717, 1.165) is 33.4 Å². The van der Waals surface area contributed by atoms with E-state index in [-0.39, 0.29) is 18.1 Å². The van der Waals surface area contributed by atoms with Crippen LogP contribution in [0.5, 0.6) is 11.5 Å². The molecule has 0 saturated heterocycles. The highest BCUT2D eigenvalue weighted by atomic mass is 79.9. The number of hydrogen-bond acceptors (Lipinski definition) is 6. The van der Waals surface area contributed by atoms with Crippen molar-refractivity contribution in [2.24, 2.45) is 0 Å². The number of ether oxygens (including phenoxy) is 2. The molecule has 2 aromatic carbocycles. The summed E-state index contributed by atoms with van der Waals surface area (Å²) < 4.78 is 38.5. The van der Waals surface area contributed by atoms with Crippen molar-refractivity contribution < 1.29 is 27.5 Å². The molecule has 1 atom stereocenters. The number of amides is 2. The second kappa shape index (κ2) is 12.4. The highest BCUT2D eigenvalue weighted by Gasteiger charge is 2.30. The van der Waals surface area contributed by atoms with Crippen molar-refractivity contribution in [1.29, 1.82) is 0 Å². The number of nitrogens with one attached hydrogen (secondary N) is 1. The molecule has 11 heteroatoms. The molecule has 0 aliphatic carbocycles. The smallest absolute Gasteiger partial charge is 0.244 e. The lowest BCUT2D eigenvalue weighted by atomic mass is 10.1. The van der Waals surface area contributed by atoms with E-state index < -0.39 is 28.5 Å². The predicted octanol–water partition coefficient (Wildman–Crippen LogP) is 3.32. The van der Waals surface area contributed by atoms with Crippen LogP contribution >= 0.6 is 15.9 Å². The van der Waals surface area contributed by atoms with Crippen LogP contribution in [0.1, 0.15) is 32.3 Å². The van der Waals surface area contributed by atoms with Gasteiger partial charge in [-0.15, -0.1) is 0 Å². The highest BCUT2D eigenvalue weighted by Crippen LogP contribution is 2.34. The Kier molecular flexibility index (Phi) is 9.61. The number of fused-ring (bicyclic) bond motifs is 1. The molecule has 196 valence electrons. The molecule has 1 aliphatic rings. The molecule has 9 nitrogen and oxygen atoms in total. The van der Waals surface area contributed by atoms with E-state index in [0.29, 0.717) is 31.3 Å². The number of nitrogens with zero attached hydrogens (tertiary/aromatic N) is 2. The minimum Gasteiger partial charge on any atom is -0.486 e. The molecule has 36 heavy (non-hydrogen) atoms. The van der Waals surface area contributed by atoms with E-state index in [1.807, 2.05) is 31.2 Å². The van der Waals surface area contributed by atoms with Crippen molar-refractivity contribution in [3.05, 3.63) is 52.5 Å². The second-order valence-electron chi connectivity index (χ2n) is 8.57. The van der Waals surface area contributed by atoms with E-state index in [4.69, 9.17) is 9.47 Å². The zero-order valence-electron chi connectivity index (χ0n) is 20.7. The van der Waals surface area contributed by atoms with E-state index in [2.05, 4.69) is 21.2 Å². The van der Waals surface area contributed by atoms with Gasteiger partial charge in [-0.3, -0.25) is 13.9 Å². The summed E-state index contributed by atoms with van der Waals surface area (Å²) in [5.41, 5.74) is 1.09. The molecule has 0 bridgehead atoms. The van der Waals surface area contributed by atoms with Crippen LogP contribution in [0, 0.1) is 0 Å². The van der Waals surface area contributed by atoms with E-state index in [1.165, 1.54) is 4.90 Å². The Morgan fingerprint density at radius 3 is 2.39 bits per heavy atom. The Morgan fingerprint density at radius 1 is 1.08 bits per heavy atom. The van der Waals surface area contributed by atoms with Crippen molar-refractivity contribution in [3.8, 4) is 11.5 Å². The van der Waals surface area contributed by atoms with Crippen LogP contribution in [0.4, 0.5) is 5.69 Å². The van der Waals surface area contributed by atoms with E-state index >= 15 is 0 Å². The molecule has 1 heterocycles. The Hall–Kier alpha value is -2.79. The molecule has 2 aromatic rings. The van der Waals surface area contributed by atoms with Gasteiger partial charge >= 0.3 is 0 Å². The normalized spacial score (nSPS) is 13.6. The molecular formula is C25H32BrN3O6S. The van der Waals surface area contributed by atoms with Crippen LogP contribution in [-0.2, 0) is 26.2 Å². The summed E-state index contributed by atoms with van der Waals surface area (Å²) in [6.07, 6.45) is 2.79. The maximum atomic E-state index is 13.6. The average molecular weight is 583 g/mol. The topological polar surface area (TPSA) is 105 Å². The van der Waals surface area contributed by atoms with E-state index in [9.17, 15) is 18.0 Å². The van der Waals surface area contributed by atoms with Crippen LogP contribution < -0.4 is 19.1 Å². The van der Waals surface area contributed by atoms with Gasteiger partial charge in [-0.05, 0) is 43.2 Å². The average Bonchev–Trinajstić information content (AvgIpc) is 2.85. The van der Waals surface area contributed by atoms with Crippen LogP contribution in [0.2, 0.25) is 0 Å². The molecule has 2 amide bonds.